The Balaban J connectivity index is 1.91. The van der Waals surface area contributed by atoms with Gasteiger partial charge in [-0.3, -0.25) is 9.59 Å². The zero-order valence-corrected chi connectivity index (χ0v) is 17.4. The van der Waals surface area contributed by atoms with Gasteiger partial charge in [-0.05, 0) is 48.0 Å². The van der Waals surface area contributed by atoms with Crippen LogP contribution in [0.25, 0.3) is 5.76 Å². The van der Waals surface area contributed by atoms with Crippen LogP contribution in [0.15, 0.2) is 70.9 Å². The number of Topliss-reactive ketones (excluding diaryl/α,β-unsaturated/α-hetero) is 1. The molecule has 32 heavy (non-hydrogen) atoms. The molecule has 1 fully saturated rings. The second-order valence-corrected chi connectivity index (χ2v) is 7.12. The number of methoxy groups -OCH3 is 2. The molecule has 3 aromatic rings. The van der Waals surface area contributed by atoms with Gasteiger partial charge in [0.05, 0.1) is 44.2 Å². The number of halogens is 1. The molecule has 0 spiro atoms. The fourth-order valence-corrected chi connectivity index (χ4v) is 3.75. The number of ketones is 1. The number of furan rings is 1. The van der Waals surface area contributed by atoms with Crippen molar-refractivity contribution in [2.45, 2.75) is 12.6 Å². The van der Waals surface area contributed by atoms with Crippen LogP contribution < -0.4 is 9.47 Å². The van der Waals surface area contributed by atoms with Crippen molar-refractivity contribution in [3.05, 3.63) is 89.1 Å². The molecule has 0 saturated carbocycles. The Kier molecular flexibility index (Phi) is 5.68. The van der Waals surface area contributed by atoms with Crippen molar-refractivity contribution in [3.8, 4) is 11.5 Å². The van der Waals surface area contributed by atoms with Crippen LogP contribution in [0.1, 0.15) is 22.9 Å². The van der Waals surface area contributed by atoms with Gasteiger partial charge in [-0.1, -0.05) is 12.1 Å². The lowest BCUT2D eigenvalue weighted by molar-refractivity contribution is -0.140. The summed E-state index contributed by atoms with van der Waals surface area (Å²) in [5.41, 5.74) is 0.509. The topological polar surface area (TPSA) is 89.2 Å². The molecular formula is C24H20FNO6. The van der Waals surface area contributed by atoms with E-state index in [4.69, 9.17) is 13.9 Å². The van der Waals surface area contributed by atoms with Gasteiger partial charge in [0.1, 0.15) is 28.8 Å². The predicted molar refractivity (Wildman–Crippen MR) is 113 cm³/mol. The first-order valence-electron chi connectivity index (χ1n) is 9.73. The maximum atomic E-state index is 13.6. The van der Waals surface area contributed by atoms with E-state index < -0.39 is 29.3 Å². The number of nitrogens with zero attached hydrogens (tertiary/aromatic N) is 1. The molecule has 2 heterocycles. The van der Waals surface area contributed by atoms with Gasteiger partial charge < -0.3 is 23.9 Å². The average Bonchev–Trinajstić information content (AvgIpc) is 3.41. The average molecular weight is 437 g/mol. The van der Waals surface area contributed by atoms with Gasteiger partial charge in [0, 0.05) is 0 Å². The molecule has 1 unspecified atom stereocenters. The summed E-state index contributed by atoms with van der Waals surface area (Å²) in [6.45, 7) is -0.00829. The second-order valence-electron chi connectivity index (χ2n) is 7.12. The summed E-state index contributed by atoms with van der Waals surface area (Å²) in [7, 11) is 2.89. The minimum atomic E-state index is -0.961. The van der Waals surface area contributed by atoms with E-state index in [1.54, 1.807) is 24.3 Å². The predicted octanol–water partition coefficient (Wildman–Crippen LogP) is 4.06. The molecule has 8 heteroatoms. The minimum absolute atomic E-state index is 0.00829. The van der Waals surface area contributed by atoms with Crippen molar-refractivity contribution < 1.29 is 33.0 Å². The first kappa shape index (κ1) is 21.2. The molecule has 164 valence electrons. The molecule has 0 radical (unpaired) electrons. The van der Waals surface area contributed by atoms with Crippen LogP contribution in [-0.2, 0) is 16.1 Å². The summed E-state index contributed by atoms with van der Waals surface area (Å²) in [5.74, 6) is -1.39. The van der Waals surface area contributed by atoms with E-state index in [-0.39, 0.29) is 17.7 Å². The number of hydrogen-bond donors (Lipinski definition) is 1. The number of hydrogen-bond acceptors (Lipinski definition) is 6. The molecular weight excluding hydrogens is 417 g/mol. The Morgan fingerprint density at radius 3 is 2.47 bits per heavy atom. The van der Waals surface area contributed by atoms with Gasteiger partial charge in [-0.25, -0.2) is 4.39 Å². The first-order valence-corrected chi connectivity index (χ1v) is 9.73. The zero-order chi connectivity index (χ0) is 22.8. The molecule has 1 amide bonds. The highest BCUT2D eigenvalue weighted by Crippen LogP contribution is 2.42. The number of aliphatic hydroxyl groups excluding tert-OH is 1. The van der Waals surface area contributed by atoms with Gasteiger partial charge in [-0.2, -0.15) is 0 Å². The molecule has 4 rings (SSSR count). The highest BCUT2D eigenvalue weighted by Gasteiger charge is 2.46. The third-order valence-electron chi connectivity index (χ3n) is 5.29. The Morgan fingerprint density at radius 2 is 1.84 bits per heavy atom. The standard InChI is InChI=1S/C24H20FNO6/c1-30-16-9-10-19(31-2)18(12-16)22(27)20-21(14-5-7-15(25)8-6-14)26(24(29)23(20)28)13-17-4-3-11-32-17/h3-12,21,27H,13H2,1-2H3/b22-20+. The van der Waals surface area contributed by atoms with Gasteiger partial charge >= 0.3 is 0 Å². The number of rotatable bonds is 6. The third kappa shape index (κ3) is 3.71. The Bertz CT molecular complexity index is 1180. The Morgan fingerprint density at radius 1 is 1.09 bits per heavy atom. The lowest BCUT2D eigenvalue weighted by atomic mass is 9.95. The number of carbonyl (C=O) groups excluding carboxylic acids is 2. The van der Waals surface area contributed by atoms with E-state index in [9.17, 15) is 19.1 Å². The van der Waals surface area contributed by atoms with E-state index in [2.05, 4.69) is 0 Å². The van der Waals surface area contributed by atoms with Crippen LogP contribution in [0.4, 0.5) is 4.39 Å². The van der Waals surface area contributed by atoms with Crippen molar-refractivity contribution in [2.75, 3.05) is 14.2 Å². The number of carbonyl (C=O) groups is 2. The van der Waals surface area contributed by atoms with Gasteiger partial charge in [-0.15, -0.1) is 0 Å². The summed E-state index contributed by atoms with van der Waals surface area (Å²) in [4.78, 5) is 27.3. The molecule has 1 atom stereocenters. The summed E-state index contributed by atoms with van der Waals surface area (Å²) < 4.78 is 29.5. The van der Waals surface area contributed by atoms with E-state index in [0.717, 1.165) is 0 Å². The fourth-order valence-electron chi connectivity index (χ4n) is 3.75. The Hall–Kier alpha value is -4.07. The maximum Gasteiger partial charge on any atom is 0.296 e. The first-order chi connectivity index (χ1) is 15.4. The molecule has 1 aromatic heterocycles. The normalized spacial score (nSPS) is 17.6. The minimum Gasteiger partial charge on any atom is -0.507 e. The molecule has 1 N–H and O–H groups in total. The monoisotopic (exact) mass is 437 g/mol. The smallest absolute Gasteiger partial charge is 0.296 e. The van der Waals surface area contributed by atoms with E-state index in [1.165, 1.54) is 55.7 Å². The molecule has 1 saturated heterocycles. The lowest BCUT2D eigenvalue weighted by Gasteiger charge is -2.24. The summed E-state index contributed by atoms with van der Waals surface area (Å²) >= 11 is 0. The van der Waals surface area contributed by atoms with Gasteiger partial charge in [0.2, 0.25) is 0 Å². The van der Waals surface area contributed by atoms with Crippen LogP contribution in [0.2, 0.25) is 0 Å². The SMILES string of the molecule is COc1ccc(OC)c(/C(O)=C2\C(=O)C(=O)N(Cc3ccco3)C2c2ccc(F)cc2)c1. The van der Waals surface area contributed by atoms with Crippen molar-refractivity contribution in [2.24, 2.45) is 0 Å². The van der Waals surface area contributed by atoms with Crippen LogP contribution in [0.3, 0.4) is 0 Å². The second kappa shape index (κ2) is 8.58. The zero-order valence-electron chi connectivity index (χ0n) is 17.4. The fraction of sp³-hybridized carbons (Fsp3) is 0.167. The van der Waals surface area contributed by atoms with Gasteiger partial charge in [0.15, 0.2) is 0 Å². The maximum absolute atomic E-state index is 13.6. The Labute approximate surface area is 183 Å². The van der Waals surface area contributed by atoms with Crippen molar-refractivity contribution in [1.29, 1.82) is 0 Å². The van der Waals surface area contributed by atoms with Crippen molar-refractivity contribution in [3.63, 3.8) is 0 Å². The van der Waals surface area contributed by atoms with E-state index >= 15 is 0 Å². The van der Waals surface area contributed by atoms with Crippen LogP contribution >= 0.6 is 0 Å². The molecule has 0 aliphatic carbocycles. The number of ether oxygens (including phenoxy) is 2. The van der Waals surface area contributed by atoms with Crippen molar-refractivity contribution in [1.82, 2.24) is 4.90 Å². The summed E-state index contributed by atoms with van der Waals surface area (Å²) in [5, 5.41) is 11.2. The molecule has 1 aliphatic rings. The number of benzene rings is 2. The largest absolute Gasteiger partial charge is 0.507 e. The lowest BCUT2D eigenvalue weighted by Crippen LogP contribution is -2.29. The summed E-state index contributed by atoms with van der Waals surface area (Å²) in [6.07, 6.45) is 1.46. The van der Waals surface area contributed by atoms with E-state index in [0.29, 0.717) is 22.8 Å². The van der Waals surface area contributed by atoms with Crippen LogP contribution in [-0.4, -0.2) is 35.9 Å². The van der Waals surface area contributed by atoms with Crippen LogP contribution in [0.5, 0.6) is 11.5 Å². The number of aliphatic hydroxyl groups is 1. The number of amides is 1. The van der Waals surface area contributed by atoms with Crippen molar-refractivity contribution >= 4 is 17.4 Å². The molecule has 2 aromatic carbocycles. The number of likely N-dealkylation sites (tertiary alicyclic amines) is 1. The quantitative estimate of drug-likeness (QED) is 0.355. The van der Waals surface area contributed by atoms with E-state index in [1.807, 2.05) is 0 Å². The van der Waals surface area contributed by atoms with Gasteiger partial charge in [0.25, 0.3) is 11.7 Å². The molecule has 1 aliphatic heterocycles. The third-order valence-corrected chi connectivity index (χ3v) is 5.29. The summed E-state index contributed by atoms with van der Waals surface area (Å²) in [6, 6.07) is 12.5. The highest BCUT2D eigenvalue weighted by atomic mass is 19.1. The highest BCUT2D eigenvalue weighted by molar-refractivity contribution is 6.46. The van der Waals surface area contributed by atoms with Crippen LogP contribution in [0, 0.1) is 5.82 Å². The molecule has 0 bridgehead atoms. The molecule has 7 nitrogen and oxygen atoms in total.